The highest BCUT2D eigenvalue weighted by molar-refractivity contribution is 9.10. The number of rotatable bonds is 2. The van der Waals surface area contributed by atoms with Gasteiger partial charge in [-0.15, -0.1) is 0 Å². The number of hydrogen-bond donors (Lipinski definition) is 1. The molecule has 0 aliphatic carbocycles. The van der Waals surface area contributed by atoms with Crippen LogP contribution in [0.15, 0.2) is 15.5 Å². The van der Waals surface area contributed by atoms with Gasteiger partial charge in [0.25, 0.3) is 5.56 Å². The molecule has 2 rings (SSSR count). The normalized spacial score (nSPS) is 20.2. The van der Waals surface area contributed by atoms with Gasteiger partial charge in [-0.3, -0.25) is 4.79 Å². The Morgan fingerprint density at radius 3 is 3.06 bits per heavy atom. The summed E-state index contributed by atoms with van der Waals surface area (Å²) >= 11 is 3.28. The smallest absolute Gasteiger partial charge is 0.265 e. The molecule has 0 radical (unpaired) electrons. The number of pyridine rings is 1. The van der Waals surface area contributed by atoms with Crippen molar-refractivity contribution in [2.75, 3.05) is 12.3 Å². The molecule has 4 nitrogen and oxygen atoms in total. The summed E-state index contributed by atoms with van der Waals surface area (Å²) in [6.07, 6.45) is 3.93. The van der Waals surface area contributed by atoms with Gasteiger partial charge in [-0.2, -0.15) is 0 Å². The number of nitrogens with zero attached hydrogens (tertiary/aromatic N) is 1. The first-order valence-electron chi connectivity index (χ1n) is 5.36. The molecule has 2 N–H and O–H groups in total. The summed E-state index contributed by atoms with van der Waals surface area (Å²) in [4.78, 5) is 11.9. The molecule has 0 saturated carbocycles. The van der Waals surface area contributed by atoms with E-state index in [1.54, 1.807) is 10.8 Å². The molecule has 16 heavy (non-hydrogen) atoms. The molecule has 1 aliphatic rings. The van der Waals surface area contributed by atoms with E-state index in [1.807, 2.05) is 6.92 Å². The van der Waals surface area contributed by atoms with Gasteiger partial charge in [-0.05, 0) is 41.3 Å². The van der Waals surface area contributed by atoms with Crippen molar-refractivity contribution in [3.63, 3.8) is 0 Å². The first kappa shape index (κ1) is 11.7. The zero-order chi connectivity index (χ0) is 11.7. The quantitative estimate of drug-likeness (QED) is 0.900. The van der Waals surface area contributed by atoms with Gasteiger partial charge in [0.05, 0.1) is 22.8 Å². The van der Waals surface area contributed by atoms with Gasteiger partial charge in [-0.25, -0.2) is 0 Å². The zero-order valence-corrected chi connectivity index (χ0v) is 10.8. The molecule has 1 saturated heterocycles. The SMILES string of the molecule is Cc1c(N)cn(CC2CCCO2)c(=O)c1Br. The van der Waals surface area contributed by atoms with Crippen molar-refractivity contribution in [3.8, 4) is 0 Å². The summed E-state index contributed by atoms with van der Waals surface area (Å²) in [5.41, 5.74) is 7.22. The molecule has 1 aromatic rings. The Bertz CT molecular complexity index is 450. The van der Waals surface area contributed by atoms with Crippen LogP contribution in [0.5, 0.6) is 0 Å². The minimum absolute atomic E-state index is 0.0396. The van der Waals surface area contributed by atoms with Gasteiger partial charge >= 0.3 is 0 Å². The van der Waals surface area contributed by atoms with E-state index in [1.165, 1.54) is 0 Å². The molecule has 0 bridgehead atoms. The summed E-state index contributed by atoms with van der Waals surface area (Å²) in [5, 5.41) is 0. The van der Waals surface area contributed by atoms with E-state index in [4.69, 9.17) is 10.5 Å². The maximum Gasteiger partial charge on any atom is 0.265 e. The third-order valence-corrected chi connectivity index (χ3v) is 3.86. The molecule has 1 aliphatic heterocycles. The Labute approximate surface area is 103 Å². The van der Waals surface area contributed by atoms with Crippen molar-refractivity contribution < 1.29 is 4.74 Å². The lowest BCUT2D eigenvalue weighted by Gasteiger charge is -2.14. The van der Waals surface area contributed by atoms with Crippen molar-refractivity contribution in [1.82, 2.24) is 4.57 Å². The fourth-order valence-corrected chi connectivity index (χ4v) is 2.34. The maximum atomic E-state index is 11.9. The number of halogens is 1. The van der Waals surface area contributed by atoms with Crippen molar-refractivity contribution in [2.45, 2.75) is 32.4 Å². The van der Waals surface area contributed by atoms with E-state index in [-0.39, 0.29) is 11.7 Å². The van der Waals surface area contributed by atoms with E-state index in [9.17, 15) is 4.79 Å². The molecule has 88 valence electrons. The molecule has 1 unspecified atom stereocenters. The van der Waals surface area contributed by atoms with Gasteiger partial charge in [0, 0.05) is 12.8 Å². The van der Waals surface area contributed by atoms with Crippen LogP contribution in [0.2, 0.25) is 0 Å². The Morgan fingerprint density at radius 2 is 2.44 bits per heavy atom. The number of nitrogens with two attached hydrogens (primary N) is 1. The van der Waals surface area contributed by atoms with Crippen LogP contribution in [0.1, 0.15) is 18.4 Å². The number of hydrogen-bond acceptors (Lipinski definition) is 3. The van der Waals surface area contributed by atoms with Crippen LogP contribution >= 0.6 is 15.9 Å². The van der Waals surface area contributed by atoms with Crippen LogP contribution in [0.25, 0.3) is 0 Å². The number of anilines is 1. The molecule has 1 fully saturated rings. The second-order valence-electron chi connectivity index (χ2n) is 4.12. The average molecular weight is 287 g/mol. The predicted octanol–water partition coefficient (Wildman–Crippen LogP) is 1.68. The molecule has 1 aromatic heterocycles. The Hall–Kier alpha value is -0.810. The average Bonchev–Trinajstić information content (AvgIpc) is 2.76. The van der Waals surface area contributed by atoms with E-state index < -0.39 is 0 Å². The lowest BCUT2D eigenvalue weighted by molar-refractivity contribution is 0.0961. The van der Waals surface area contributed by atoms with Gasteiger partial charge in [-0.1, -0.05) is 0 Å². The minimum Gasteiger partial charge on any atom is -0.397 e. The monoisotopic (exact) mass is 286 g/mol. The van der Waals surface area contributed by atoms with Crippen molar-refractivity contribution in [3.05, 3.63) is 26.6 Å². The second-order valence-corrected chi connectivity index (χ2v) is 4.91. The van der Waals surface area contributed by atoms with Crippen LogP contribution in [0.3, 0.4) is 0 Å². The largest absolute Gasteiger partial charge is 0.397 e. The van der Waals surface area contributed by atoms with Gasteiger partial charge in [0.15, 0.2) is 0 Å². The van der Waals surface area contributed by atoms with E-state index >= 15 is 0 Å². The number of nitrogen functional groups attached to an aromatic ring is 1. The minimum atomic E-state index is -0.0396. The lowest BCUT2D eigenvalue weighted by atomic mass is 10.2. The summed E-state index contributed by atoms with van der Waals surface area (Å²) < 4.78 is 7.68. The van der Waals surface area contributed by atoms with Gasteiger partial charge in [0.1, 0.15) is 0 Å². The molecular weight excluding hydrogens is 272 g/mol. The maximum absolute atomic E-state index is 11.9. The van der Waals surface area contributed by atoms with Crippen LogP contribution < -0.4 is 11.3 Å². The Morgan fingerprint density at radius 1 is 1.69 bits per heavy atom. The lowest BCUT2D eigenvalue weighted by Crippen LogP contribution is -2.27. The second kappa shape index (κ2) is 4.59. The van der Waals surface area contributed by atoms with Crippen molar-refractivity contribution in [1.29, 1.82) is 0 Å². The van der Waals surface area contributed by atoms with Crippen LogP contribution in [0.4, 0.5) is 5.69 Å². The highest BCUT2D eigenvalue weighted by atomic mass is 79.9. The molecule has 0 amide bonds. The van der Waals surface area contributed by atoms with Crippen LogP contribution in [0, 0.1) is 6.92 Å². The summed E-state index contributed by atoms with van der Waals surface area (Å²) in [6, 6.07) is 0. The van der Waals surface area contributed by atoms with Gasteiger partial charge < -0.3 is 15.0 Å². The van der Waals surface area contributed by atoms with Crippen LogP contribution in [-0.4, -0.2) is 17.3 Å². The Kier molecular flexibility index (Phi) is 3.35. The summed E-state index contributed by atoms with van der Waals surface area (Å²) in [5.74, 6) is 0. The first-order chi connectivity index (χ1) is 7.59. The molecule has 0 spiro atoms. The molecule has 0 aromatic carbocycles. The molecule has 5 heteroatoms. The van der Waals surface area contributed by atoms with Crippen molar-refractivity contribution in [2.24, 2.45) is 0 Å². The van der Waals surface area contributed by atoms with Crippen molar-refractivity contribution >= 4 is 21.6 Å². The standard InChI is InChI=1S/C11H15BrN2O2/c1-7-9(13)6-14(11(15)10(7)12)5-8-3-2-4-16-8/h6,8H,2-5,13H2,1H3. The fourth-order valence-electron chi connectivity index (χ4n) is 1.88. The predicted molar refractivity (Wildman–Crippen MR) is 66.5 cm³/mol. The highest BCUT2D eigenvalue weighted by Crippen LogP contribution is 2.19. The Balaban J connectivity index is 2.30. The first-order valence-corrected chi connectivity index (χ1v) is 6.15. The highest BCUT2D eigenvalue weighted by Gasteiger charge is 2.18. The summed E-state index contributed by atoms with van der Waals surface area (Å²) in [7, 11) is 0. The number of aromatic nitrogens is 1. The van der Waals surface area contributed by atoms with E-state index in [0.29, 0.717) is 16.7 Å². The number of ether oxygens (including phenoxy) is 1. The summed E-state index contributed by atoms with van der Waals surface area (Å²) in [6.45, 7) is 3.21. The topological polar surface area (TPSA) is 57.2 Å². The van der Waals surface area contributed by atoms with Gasteiger partial charge in [0.2, 0.25) is 0 Å². The van der Waals surface area contributed by atoms with Crippen LogP contribution in [-0.2, 0) is 11.3 Å². The van der Waals surface area contributed by atoms with E-state index in [2.05, 4.69) is 15.9 Å². The van der Waals surface area contributed by atoms with E-state index in [0.717, 1.165) is 25.0 Å². The molecule has 1 atom stereocenters. The zero-order valence-electron chi connectivity index (χ0n) is 9.20. The third kappa shape index (κ3) is 2.15. The molecule has 2 heterocycles. The fraction of sp³-hybridized carbons (Fsp3) is 0.545. The molecular formula is C11H15BrN2O2. The third-order valence-electron chi connectivity index (χ3n) is 2.93.